The van der Waals surface area contributed by atoms with E-state index in [9.17, 15) is 8.42 Å². The summed E-state index contributed by atoms with van der Waals surface area (Å²) in [6.45, 7) is 3.66. The van der Waals surface area contributed by atoms with Gasteiger partial charge in [-0.05, 0) is 56.8 Å². The summed E-state index contributed by atoms with van der Waals surface area (Å²) in [5.74, 6) is 1.25. The van der Waals surface area contributed by atoms with Crippen molar-refractivity contribution in [2.45, 2.75) is 57.4 Å². The van der Waals surface area contributed by atoms with Crippen molar-refractivity contribution in [1.82, 2.24) is 4.31 Å². The van der Waals surface area contributed by atoms with Gasteiger partial charge in [-0.2, -0.15) is 0 Å². The lowest BCUT2D eigenvalue weighted by molar-refractivity contribution is 0.166. The predicted molar refractivity (Wildman–Crippen MR) is 78.3 cm³/mol. The van der Waals surface area contributed by atoms with Crippen LogP contribution in [-0.2, 0) is 10.0 Å². The van der Waals surface area contributed by atoms with Crippen molar-refractivity contribution in [3.05, 3.63) is 0 Å². The van der Waals surface area contributed by atoms with E-state index in [1.807, 2.05) is 0 Å². The standard InChI is InChI=1S/C14H28N2O2S/c1-12-5-7-14(15,8-6-12)10-13-4-3-9-16(11-13)19(2,17)18/h12-13H,3-11,15H2,1-2H3. The molecule has 5 heteroatoms. The van der Waals surface area contributed by atoms with E-state index in [1.54, 1.807) is 4.31 Å². The molecule has 0 aromatic heterocycles. The van der Waals surface area contributed by atoms with Gasteiger partial charge >= 0.3 is 0 Å². The molecule has 4 nitrogen and oxygen atoms in total. The molecule has 0 spiro atoms. The topological polar surface area (TPSA) is 63.4 Å². The van der Waals surface area contributed by atoms with Crippen LogP contribution >= 0.6 is 0 Å². The van der Waals surface area contributed by atoms with Crippen LogP contribution in [0, 0.1) is 11.8 Å². The molecular weight excluding hydrogens is 260 g/mol. The van der Waals surface area contributed by atoms with Gasteiger partial charge in [0.15, 0.2) is 0 Å². The summed E-state index contributed by atoms with van der Waals surface area (Å²) in [6.07, 6.45) is 9.05. The van der Waals surface area contributed by atoms with Crippen LogP contribution < -0.4 is 5.73 Å². The second-order valence-corrected chi connectivity index (χ2v) is 8.86. The summed E-state index contributed by atoms with van der Waals surface area (Å²) in [7, 11) is -3.04. The van der Waals surface area contributed by atoms with Gasteiger partial charge in [0.05, 0.1) is 6.26 Å². The Morgan fingerprint density at radius 3 is 2.47 bits per heavy atom. The number of hydrogen-bond acceptors (Lipinski definition) is 3. The summed E-state index contributed by atoms with van der Waals surface area (Å²) in [6, 6.07) is 0. The minimum Gasteiger partial charge on any atom is -0.325 e. The Kier molecular flexibility index (Phi) is 4.58. The maximum atomic E-state index is 11.6. The van der Waals surface area contributed by atoms with E-state index in [0.29, 0.717) is 19.0 Å². The molecule has 1 atom stereocenters. The number of rotatable bonds is 3. The van der Waals surface area contributed by atoms with Gasteiger partial charge in [-0.3, -0.25) is 0 Å². The van der Waals surface area contributed by atoms with Crippen molar-refractivity contribution in [1.29, 1.82) is 0 Å². The Morgan fingerprint density at radius 1 is 1.26 bits per heavy atom. The molecule has 112 valence electrons. The fourth-order valence-electron chi connectivity index (χ4n) is 3.61. The van der Waals surface area contributed by atoms with Crippen LogP contribution in [0.2, 0.25) is 0 Å². The van der Waals surface area contributed by atoms with Gasteiger partial charge < -0.3 is 5.73 Å². The zero-order valence-corrected chi connectivity index (χ0v) is 13.1. The molecule has 1 aliphatic carbocycles. The van der Waals surface area contributed by atoms with Crippen molar-refractivity contribution in [2.75, 3.05) is 19.3 Å². The van der Waals surface area contributed by atoms with E-state index in [-0.39, 0.29) is 5.54 Å². The monoisotopic (exact) mass is 288 g/mol. The molecule has 0 aromatic carbocycles. The quantitative estimate of drug-likeness (QED) is 0.863. The summed E-state index contributed by atoms with van der Waals surface area (Å²) < 4.78 is 24.9. The van der Waals surface area contributed by atoms with Gasteiger partial charge in [0.2, 0.25) is 10.0 Å². The molecule has 0 radical (unpaired) electrons. The Morgan fingerprint density at radius 2 is 1.89 bits per heavy atom. The molecule has 1 saturated carbocycles. The highest BCUT2D eigenvalue weighted by Crippen LogP contribution is 2.36. The Balaban J connectivity index is 1.92. The van der Waals surface area contributed by atoms with Gasteiger partial charge in [0, 0.05) is 18.6 Å². The average molecular weight is 288 g/mol. The van der Waals surface area contributed by atoms with Crippen molar-refractivity contribution in [3.63, 3.8) is 0 Å². The SMILES string of the molecule is CC1CCC(N)(CC2CCCN(S(C)(=O)=O)C2)CC1. The maximum Gasteiger partial charge on any atom is 0.211 e. The van der Waals surface area contributed by atoms with Crippen molar-refractivity contribution >= 4 is 10.0 Å². The van der Waals surface area contributed by atoms with Crippen LogP contribution in [0.25, 0.3) is 0 Å². The van der Waals surface area contributed by atoms with Crippen LogP contribution in [-0.4, -0.2) is 37.6 Å². The highest BCUT2D eigenvalue weighted by atomic mass is 32.2. The molecule has 19 heavy (non-hydrogen) atoms. The smallest absolute Gasteiger partial charge is 0.211 e. The minimum atomic E-state index is -3.04. The van der Waals surface area contributed by atoms with Gasteiger partial charge in [0.1, 0.15) is 0 Å². The highest BCUT2D eigenvalue weighted by Gasteiger charge is 2.35. The maximum absolute atomic E-state index is 11.6. The lowest BCUT2D eigenvalue weighted by Crippen LogP contribution is -2.48. The van der Waals surface area contributed by atoms with Gasteiger partial charge in [-0.25, -0.2) is 12.7 Å². The fraction of sp³-hybridized carbons (Fsp3) is 1.00. The molecule has 1 heterocycles. The second-order valence-electron chi connectivity index (χ2n) is 6.88. The lowest BCUT2D eigenvalue weighted by atomic mass is 9.72. The van der Waals surface area contributed by atoms with E-state index in [4.69, 9.17) is 5.73 Å². The van der Waals surface area contributed by atoms with Gasteiger partial charge in [-0.15, -0.1) is 0 Å². The molecule has 1 saturated heterocycles. The first-order valence-electron chi connectivity index (χ1n) is 7.52. The first-order valence-corrected chi connectivity index (χ1v) is 9.37. The van der Waals surface area contributed by atoms with E-state index in [2.05, 4.69) is 6.92 Å². The summed E-state index contributed by atoms with van der Waals surface area (Å²) >= 11 is 0. The van der Waals surface area contributed by atoms with Crippen LogP contribution in [0.5, 0.6) is 0 Å². The highest BCUT2D eigenvalue weighted by molar-refractivity contribution is 7.88. The molecular formula is C14H28N2O2S. The van der Waals surface area contributed by atoms with Gasteiger partial charge in [-0.1, -0.05) is 6.92 Å². The Labute approximate surface area is 117 Å². The summed E-state index contributed by atoms with van der Waals surface area (Å²) in [4.78, 5) is 0. The first kappa shape index (κ1) is 15.3. The molecule has 0 amide bonds. The number of sulfonamides is 1. The van der Waals surface area contributed by atoms with Crippen LogP contribution in [0.1, 0.15) is 51.9 Å². The van der Waals surface area contributed by atoms with Crippen LogP contribution in [0.3, 0.4) is 0 Å². The molecule has 2 rings (SSSR count). The zero-order chi connectivity index (χ0) is 14.1. The van der Waals surface area contributed by atoms with Crippen molar-refractivity contribution in [2.24, 2.45) is 17.6 Å². The Bertz CT molecular complexity index is 400. The normalized spacial score (nSPS) is 38.3. The molecule has 2 N–H and O–H groups in total. The summed E-state index contributed by atoms with van der Waals surface area (Å²) in [5, 5.41) is 0. The zero-order valence-electron chi connectivity index (χ0n) is 12.3. The van der Waals surface area contributed by atoms with Crippen molar-refractivity contribution in [3.8, 4) is 0 Å². The van der Waals surface area contributed by atoms with E-state index >= 15 is 0 Å². The fourth-order valence-corrected chi connectivity index (χ4v) is 4.55. The van der Waals surface area contributed by atoms with E-state index in [1.165, 1.54) is 19.1 Å². The van der Waals surface area contributed by atoms with Crippen LogP contribution in [0.15, 0.2) is 0 Å². The van der Waals surface area contributed by atoms with Crippen molar-refractivity contribution < 1.29 is 8.42 Å². The molecule has 1 unspecified atom stereocenters. The van der Waals surface area contributed by atoms with Gasteiger partial charge in [0.25, 0.3) is 0 Å². The predicted octanol–water partition coefficient (Wildman–Crippen LogP) is 1.96. The molecule has 2 aliphatic rings. The molecule has 0 bridgehead atoms. The molecule has 2 fully saturated rings. The third kappa shape index (κ3) is 4.17. The minimum absolute atomic E-state index is 0.0440. The number of nitrogens with zero attached hydrogens (tertiary/aromatic N) is 1. The lowest BCUT2D eigenvalue weighted by Gasteiger charge is -2.41. The Hall–Kier alpha value is -0.130. The number of nitrogens with two attached hydrogens (primary N) is 1. The molecule has 1 aliphatic heterocycles. The average Bonchev–Trinajstić information content (AvgIpc) is 2.33. The van der Waals surface area contributed by atoms with E-state index < -0.39 is 10.0 Å². The van der Waals surface area contributed by atoms with E-state index in [0.717, 1.165) is 38.0 Å². The third-order valence-electron chi connectivity index (χ3n) is 4.92. The second kappa shape index (κ2) is 5.70. The number of hydrogen-bond donors (Lipinski definition) is 1. The third-order valence-corrected chi connectivity index (χ3v) is 6.19. The summed E-state index contributed by atoms with van der Waals surface area (Å²) in [5.41, 5.74) is 6.49. The first-order chi connectivity index (χ1) is 8.78. The largest absolute Gasteiger partial charge is 0.325 e. The van der Waals surface area contributed by atoms with Crippen LogP contribution in [0.4, 0.5) is 0 Å². The molecule has 0 aromatic rings. The number of piperidine rings is 1.